The summed E-state index contributed by atoms with van der Waals surface area (Å²) in [6.45, 7) is 5.09. The number of amides is 1. The molecule has 0 saturated carbocycles. The number of nitrogens with zero attached hydrogens (tertiary/aromatic N) is 2. The zero-order chi connectivity index (χ0) is 23.5. The summed E-state index contributed by atoms with van der Waals surface area (Å²) in [6.07, 6.45) is 4.68. The summed E-state index contributed by atoms with van der Waals surface area (Å²) in [5.74, 6) is -0.359. The average Bonchev–Trinajstić information content (AvgIpc) is 2.99. The normalized spacial score (nSPS) is 22.6. The average molecular weight is 457 g/mol. The van der Waals surface area contributed by atoms with Gasteiger partial charge in [-0.1, -0.05) is 32.0 Å². The lowest BCUT2D eigenvalue weighted by atomic mass is 9.85. The summed E-state index contributed by atoms with van der Waals surface area (Å²) >= 11 is 0. The number of rotatable bonds is 8. The molecule has 0 aromatic heterocycles. The maximum absolute atomic E-state index is 14.3. The molecule has 2 heterocycles. The van der Waals surface area contributed by atoms with Crippen LogP contribution >= 0.6 is 0 Å². The zero-order valence-corrected chi connectivity index (χ0v) is 19.5. The Bertz CT molecular complexity index is 946. The molecule has 4 rings (SSSR count). The molecule has 2 aromatic carbocycles. The van der Waals surface area contributed by atoms with Gasteiger partial charge in [0.15, 0.2) is 0 Å². The first-order valence-electron chi connectivity index (χ1n) is 12.1. The van der Waals surface area contributed by atoms with E-state index in [0.29, 0.717) is 43.3 Å². The molecule has 0 aliphatic carbocycles. The van der Waals surface area contributed by atoms with E-state index in [1.54, 1.807) is 11.0 Å². The molecule has 1 N–H and O–H groups in total. The van der Waals surface area contributed by atoms with E-state index >= 15 is 0 Å². The number of carbonyl (C=O) groups excluding carboxylic acids is 1. The van der Waals surface area contributed by atoms with Crippen LogP contribution in [-0.4, -0.2) is 46.0 Å². The summed E-state index contributed by atoms with van der Waals surface area (Å²) in [6, 6.07) is 12.3. The quantitative estimate of drug-likeness (QED) is 0.574. The minimum absolute atomic E-state index is 0.0415. The second-order valence-corrected chi connectivity index (χ2v) is 10.00. The van der Waals surface area contributed by atoms with Crippen molar-refractivity contribution in [1.29, 1.82) is 0 Å². The molecule has 1 amide bonds. The maximum Gasteiger partial charge on any atom is 0.223 e. The van der Waals surface area contributed by atoms with Crippen LogP contribution in [0.5, 0.6) is 5.75 Å². The van der Waals surface area contributed by atoms with E-state index in [0.717, 1.165) is 25.7 Å². The number of piperidine rings is 1. The third-order valence-electron chi connectivity index (χ3n) is 7.20. The van der Waals surface area contributed by atoms with Crippen LogP contribution in [0, 0.1) is 17.6 Å². The van der Waals surface area contributed by atoms with Gasteiger partial charge in [0.2, 0.25) is 5.91 Å². The predicted octanol–water partition coefficient (Wildman–Crippen LogP) is 5.46. The molecule has 2 fully saturated rings. The fourth-order valence-corrected chi connectivity index (χ4v) is 5.57. The highest BCUT2D eigenvalue weighted by Gasteiger charge is 2.41. The molecule has 0 spiro atoms. The van der Waals surface area contributed by atoms with Crippen molar-refractivity contribution >= 4 is 5.91 Å². The number of phenols is 1. The second-order valence-electron chi connectivity index (χ2n) is 10.00. The lowest BCUT2D eigenvalue weighted by Gasteiger charge is -2.40. The number of carbonyl (C=O) groups is 1. The number of aromatic hydroxyl groups is 1. The van der Waals surface area contributed by atoms with Crippen molar-refractivity contribution in [3.05, 3.63) is 65.2 Å². The molecule has 2 aliphatic heterocycles. The van der Waals surface area contributed by atoms with Gasteiger partial charge in [0.25, 0.3) is 0 Å². The van der Waals surface area contributed by atoms with Crippen LogP contribution in [0.1, 0.15) is 63.0 Å². The monoisotopic (exact) mass is 456 g/mol. The van der Waals surface area contributed by atoms with E-state index < -0.39 is 11.6 Å². The van der Waals surface area contributed by atoms with E-state index in [2.05, 4.69) is 11.0 Å². The van der Waals surface area contributed by atoms with Crippen molar-refractivity contribution < 1.29 is 18.7 Å². The molecule has 2 unspecified atom stereocenters. The van der Waals surface area contributed by atoms with Crippen LogP contribution in [-0.2, 0) is 11.3 Å². The molecule has 178 valence electrons. The first-order chi connectivity index (χ1) is 15.8. The smallest absolute Gasteiger partial charge is 0.223 e. The molecule has 6 heteroatoms. The number of benzene rings is 2. The maximum atomic E-state index is 14.3. The number of hydrogen-bond donors (Lipinski definition) is 1. The Morgan fingerprint density at radius 2 is 1.73 bits per heavy atom. The van der Waals surface area contributed by atoms with Gasteiger partial charge in [-0.25, -0.2) is 8.78 Å². The molecule has 4 nitrogen and oxygen atoms in total. The van der Waals surface area contributed by atoms with Crippen molar-refractivity contribution in [2.24, 2.45) is 5.92 Å². The van der Waals surface area contributed by atoms with Crippen molar-refractivity contribution in [2.75, 3.05) is 13.1 Å². The molecule has 2 aliphatic rings. The molecule has 2 saturated heterocycles. The SMILES string of the molecule is CC(C)CC(=O)N(CCN1C2CCC1CC(c1cccc(O)c1)C2)Cc1c(F)cccc1F. The van der Waals surface area contributed by atoms with Crippen molar-refractivity contribution in [3.63, 3.8) is 0 Å². The van der Waals surface area contributed by atoms with E-state index in [-0.39, 0.29) is 23.9 Å². The van der Waals surface area contributed by atoms with E-state index in [1.807, 2.05) is 26.0 Å². The molecular formula is C27H34F2N2O2. The van der Waals surface area contributed by atoms with Crippen molar-refractivity contribution in [2.45, 2.75) is 70.5 Å². The molecule has 0 radical (unpaired) electrons. The lowest BCUT2D eigenvalue weighted by molar-refractivity contribution is -0.133. The fraction of sp³-hybridized carbons (Fsp3) is 0.519. The lowest BCUT2D eigenvalue weighted by Crippen LogP contribution is -2.47. The summed E-state index contributed by atoms with van der Waals surface area (Å²) < 4.78 is 28.6. The highest BCUT2D eigenvalue weighted by Crippen LogP contribution is 2.43. The first-order valence-corrected chi connectivity index (χ1v) is 12.1. The van der Waals surface area contributed by atoms with E-state index in [9.17, 15) is 18.7 Å². The minimum atomic E-state index is -0.607. The number of fused-ring (bicyclic) bond motifs is 2. The third-order valence-corrected chi connectivity index (χ3v) is 7.20. The largest absolute Gasteiger partial charge is 0.508 e. The molecule has 2 bridgehead atoms. The summed E-state index contributed by atoms with van der Waals surface area (Å²) in [5, 5.41) is 9.86. The van der Waals surface area contributed by atoms with Gasteiger partial charge >= 0.3 is 0 Å². The molecule has 33 heavy (non-hydrogen) atoms. The highest BCUT2D eigenvalue weighted by molar-refractivity contribution is 5.76. The third kappa shape index (κ3) is 5.55. The Morgan fingerprint density at radius 3 is 2.33 bits per heavy atom. The van der Waals surface area contributed by atoms with Gasteiger partial charge in [0.1, 0.15) is 17.4 Å². The van der Waals surface area contributed by atoms with Crippen LogP contribution in [0.2, 0.25) is 0 Å². The predicted molar refractivity (Wildman–Crippen MR) is 125 cm³/mol. The Kier molecular flexibility index (Phi) is 7.32. The van der Waals surface area contributed by atoms with Crippen LogP contribution in [0.4, 0.5) is 8.78 Å². The zero-order valence-electron chi connectivity index (χ0n) is 19.5. The van der Waals surface area contributed by atoms with Gasteiger partial charge in [-0.05, 0) is 67.3 Å². The summed E-state index contributed by atoms with van der Waals surface area (Å²) in [5.41, 5.74) is 1.15. The summed E-state index contributed by atoms with van der Waals surface area (Å²) in [7, 11) is 0. The molecule has 2 atom stereocenters. The topological polar surface area (TPSA) is 43.8 Å². The molecular weight excluding hydrogens is 422 g/mol. The summed E-state index contributed by atoms with van der Waals surface area (Å²) in [4.78, 5) is 17.1. The number of phenolic OH excluding ortho intramolecular Hbond substituents is 1. The van der Waals surface area contributed by atoms with Crippen LogP contribution < -0.4 is 0 Å². The van der Waals surface area contributed by atoms with Gasteiger partial charge in [0, 0.05) is 37.2 Å². The Hall–Kier alpha value is -2.47. The Labute approximate surface area is 195 Å². The Morgan fingerprint density at radius 1 is 1.09 bits per heavy atom. The second kappa shape index (κ2) is 10.2. The van der Waals surface area contributed by atoms with Crippen molar-refractivity contribution in [1.82, 2.24) is 9.80 Å². The van der Waals surface area contributed by atoms with Gasteiger partial charge < -0.3 is 10.0 Å². The van der Waals surface area contributed by atoms with E-state index in [1.165, 1.54) is 23.8 Å². The van der Waals surface area contributed by atoms with Gasteiger partial charge in [-0.15, -0.1) is 0 Å². The molecule has 2 aromatic rings. The Balaban J connectivity index is 1.44. The van der Waals surface area contributed by atoms with Gasteiger partial charge in [-0.3, -0.25) is 9.69 Å². The van der Waals surface area contributed by atoms with E-state index in [4.69, 9.17) is 0 Å². The van der Waals surface area contributed by atoms with Crippen molar-refractivity contribution in [3.8, 4) is 5.75 Å². The standard InChI is InChI=1S/C27H34F2N2O2/c1-18(2)13-27(33)30(17-24-25(28)7-4-8-26(24)29)11-12-31-21-9-10-22(31)15-20(14-21)19-5-3-6-23(32)16-19/h3-8,16,18,20-22,32H,9-15,17H2,1-2H3. The highest BCUT2D eigenvalue weighted by atomic mass is 19.1. The van der Waals surface area contributed by atoms with Gasteiger partial charge in [0.05, 0.1) is 6.54 Å². The minimum Gasteiger partial charge on any atom is -0.508 e. The number of halogens is 2. The van der Waals surface area contributed by atoms with Crippen LogP contribution in [0.3, 0.4) is 0 Å². The van der Waals surface area contributed by atoms with Crippen LogP contribution in [0.25, 0.3) is 0 Å². The van der Waals surface area contributed by atoms with Crippen LogP contribution in [0.15, 0.2) is 42.5 Å². The first kappa shape index (κ1) is 23.7. The fourth-order valence-electron chi connectivity index (χ4n) is 5.57. The number of hydrogen-bond acceptors (Lipinski definition) is 3. The van der Waals surface area contributed by atoms with Gasteiger partial charge in [-0.2, -0.15) is 0 Å².